The average molecular weight is 183 g/mol. The zero-order valence-electron chi connectivity index (χ0n) is 8.43. The van der Waals surface area contributed by atoms with Crippen LogP contribution in [0.2, 0.25) is 0 Å². The second-order valence-electron chi connectivity index (χ2n) is 4.14. The summed E-state index contributed by atoms with van der Waals surface area (Å²) in [4.78, 5) is 10.5. The van der Waals surface area contributed by atoms with Crippen LogP contribution in [0.5, 0.6) is 0 Å². The Morgan fingerprint density at radius 2 is 1.46 bits per heavy atom. The molecule has 0 amide bonds. The van der Waals surface area contributed by atoms with E-state index in [0.717, 1.165) is 25.7 Å². The highest BCUT2D eigenvalue weighted by atomic mass is 16.1. The summed E-state index contributed by atoms with van der Waals surface area (Å²) in [6.45, 7) is 0. The summed E-state index contributed by atoms with van der Waals surface area (Å²) < 4.78 is 0. The highest BCUT2D eigenvalue weighted by Gasteiger charge is 2.07. The van der Waals surface area contributed by atoms with Crippen LogP contribution < -0.4 is 5.73 Å². The van der Waals surface area contributed by atoms with Gasteiger partial charge in [0.15, 0.2) is 0 Å². The Balaban J connectivity index is 0.000000132. The van der Waals surface area contributed by atoms with E-state index in [2.05, 4.69) is 0 Å². The Morgan fingerprint density at radius 3 is 1.69 bits per heavy atom. The molecule has 2 rings (SSSR count). The quantitative estimate of drug-likeness (QED) is 0.626. The summed E-state index contributed by atoms with van der Waals surface area (Å²) in [5, 5.41) is 0. The standard InChI is InChI=1S/C6H10O.C5H11N/c7-6-4-2-1-3-5-6;6-5-3-1-2-4-5/h1-5H2;5H,1-4,6H2. The number of hydrogen-bond donors (Lipinski definition) is 1. The van der Waals surface area contributed by atoms with Gasteiger partial charge in [0.05, 0.1) is 0 Å². The van der Waals surface area contributed by atoms with Crippen LogP contribution in [-0.4, -0.2) is 11.8 Å². The molecule has 0 heterocycles. The first-order valence-electron chi connectivity index (χ1n) is 5.56. The van der Waals surface area contributed by atoms with Crippen LogP contribution in [0.1, 0.15) is 57.8 Å². The topological polar surface area (TPSA) is 43.1 Å². The summed E-state index contributed by atoms with van der Waals surface area (Å²) in [5.41, 5.74) is 5.53. The molecule has 2 N–H and O–H groups in total. The van der Waals surface area contributed by atoms with Gasteiger partial charge in [0.25, 0.3) is 0 Å². The number of carbonyl (C=O) groups excluding carboxylic acids is 1. The van der Waals surface area contributed by atoms with Crippen molar-refractivity contribution in [3.63, 3.8) is 0 Å². The van der Waals surface area contributed by atoms with Crippen LogP contribution in [0.3, 0.4) is 0 Å². The second kappa shape index (κ2) is 6.14. The lowest BCUT2D eigenvalue weighted by Gasteiger charge is -2.05. The third kappa shape index (κ3) is 5.04. The highest BCUT2D eigenvalue weighted by Crippen LogP contribution is 2.14. The minimum Gasteiger partial charge on any atom is -0.328 e. The van der Waals surface area contributed by atoms with E-state index in [9.17, 15) is 4.79 Å². The van der Waals surface area contributed by atoms with Gasteiger partial charge in [-0.1, -0.05) is 19.3 Å². The van der Waals surface area contributed by atoms with Gasteiger partial charge >= 0.3 is 0 Å². The SMILES string of the molecule is NC1CCCC1.O=C1CCCCC1. The summed E-state index contributed by atoms with van der Waals surface area (Å²) >= 11 is 0. The molecule has 0 radical (unpaired) electrons. The normalized spacial score (nSPS) is 23.9. The average Bonchev–Trinajstić information content (AvgIpc) is 2.58. The fourth-order valence-corrected chi connectivity index (χ4v) is 1.90. The van der Waals surface area contributed by atoms with Gasteiger partial charge in [-0.25, -0.2) is 0 Å². The predicted molar refractivity (Wildman–Crippen MR) is 54.5 cm³/mol. The van der Waals surface area contributed by atoms with Gasteiger partial charge in [-0.3, -0.25) is 4.79 Å². The second-order valence-corrected chi connectivity index (χ2v) is 4.14. The predicted octanol–water partition coefficient (Wildman–Crippen LogP) is 2.41. The third-order valence-electron chi connectivity index (χ3n) is 2.81. The molecule has 0 spiro atoms. The van der Waals surface area contributed by atoms with E-state index in [1.54, 1.807) is 0 Å². The lowest BCUT2D eigenvalue weighted by molar-refractivity contribution is -0.120. The largest absolute Gasteiger partial charge is 0.328 e. The van der Waals surface area contributed by atoms with E-state index >= 15 is 0 Å². The molecule has 76 valence electrons. The van der Waals surface area contributed by atoms with Crippen LogP contribution in [0.15, 0.2) is 0 Å². The molecule has 2 aliphatic carbocycles. The molecule has 2 aliphatic rings. The van der Waals surface area contributed by atoms with Gasteiger partial charge in [0.2, 0.25) is 0 Å². The van der Waals surface area contributed by atoms with E-state index in [0.29, 0.717) is 11.8 Å². The first kappa shape index (κ1) is 10.7. The maximum absolute atomic E-state index is 10.5. The van der Waals surface area contributed by atoms with Crippen molar-refractivity contribution in [1.82, 2.24) is 0 Å². The highest BCUT2D eigenvalue weighted by molar-refractivity contribution is 5.78. The number of Topliss-reactive ketones (excluding diaryl/α,β-unsaturated/α-hetero) is 1. The molecule has 13 heavy (non-hydrogen) atoms. The Kier molecular flexibility index (Phi) is 5.06. The van der Waals surface area contributed by atoms with E-state index in [1.807, 2.05) is 0 Å². The van der Waals surface area contributed by atoms with Gasteiger partial charge in [-0.15, -0.1) is 0 Å². The number of rotatable bonds is 0. The summed E-state index contributed by atoms with van der Waals surface area (Å²) in [6, 6.07) is 0.546. The smallest absolute Gasteiger partial charge is 0.132 e. The molecule has 0 aliphatic heterocycles. The zero-order valence-corrected chi connectivity index (χ0v) is 8.43. The molecule has 0 aromatic heterocycles. The van der Waals surface area contributed by atoms with Crippen LogP contribution in [0.4, 0.5) is 0 Å². The van der Waals surface area contributed by atoms with Gasteiger partial charge in [-0.05, 0) is 25.7 Å². The molecule has 2 fully saturated rings. The van der Waals surface area contributed by atoms with Crippen molar-refractivity contribution in [3.05, 3.63) is 0 Å². The van der Waals surface area contributed by atoms with Crippen molar-refractivity contribution < 1.29 is 4.79 Å². The fourth-order valence-electron chi connectivity index (χ4n) is 1.90. The lowest BCUT2D eigenvalue weighted by atomic mass is 10.00. The van der Waals surface area contributed by atoms with Crippen molar-refractivity contribution in [1.29, 1.82) is 0 Å². The monoisotopic (exact) mass is 183 g/mol. The number of nitrogens with two attached hydrogens (primary N) is 1. The molecule has 0 unspecified atom stereocenters. The van der Waals surface area contributed by atoms with Gasteiger partial charge in [0.1, 0.15) is 5.78 Å². The number of ketones is 1. The first-order chi connectivity index (χ1) is 6.29. The minimum atomic E-state index is 0.464. The van der Waals surface area contributed by atoms with Crippen LogP contribution in [-0.2, 0) is 4.79 Å². The maximum atomic E-state index is 10.5. The van der Waals surface area contributed by atoms with Crippen molar-refractivity contribution in [2.75, 3.05) is 0 Å². The Hall–Kier alpha value is -0.370. The van der Waals surface area contributed by atoms with E-state index < -0.39 is 0 Å². The molecule has 0 aromatic carbocycles. The molecule has 2 nitrogen and oxygen atoms in total. The van der Waals surface area contributed by atoms with Crippen molar-refractivity contribution in [2.24, 2.45) is 5.73 Å². The van der Waals surface area contributed by atoms with Crippen molar-refractivity contribution in [3.8, 4) is 0 Å². The molecular weight excluding hydrogens is 162 g/mol. The minimum absolute atomic E-state index is 0.464. The number of hydrogen-bond acceptors (Lipinski definition) is 2. The van der Waals surface area contributed by atoms with Gasteiger partial charge < -0.3 is 5.73 Å². The maximum Gasteiger partial charge on any atom is 0.132 e. The molecule has 2 saturated carbocycles. The Bertz CT molecular complexity index is 142. The summed E-state index contributed by atoms with van der Waals surface area (Å²) in [5.74, 6) is 0.464. The Morgan fingerprint density at radius 1 is 0.923 bits per heavy atom. The summed E-state index contributed by atoms with van der Waals surface area (Å²) in [7, 11) is 0. The Labute approximate surface area is 80.9 Å². The first-order valence-corrected chi connectivity index (χ1v) is 5.56. The molecule has 0 atom stereocenters. The lowest BCUT2D eigenvalue weighted by Crippen LogP contribution is -2.13. The molecule has 2 heteroatoms. The van der Waals surface area contributed by atoms with E-state index in [4.69, 9.17) is 5.73 Å². The summed E-state index contributed by atoms with van der Waals surface area (Å²) in [6.07, 6.45) is 10.5. The molecule has 0 aromatic rings. The van der Waals surface area contributed by atoms with Gasteiger partial charge in [-0.2, -0.15) is 0 Å². The van der Waals surface area contributed by atoms with Crippen molar-refractivity contribution >= 4 is 5.78 Å². The number of carbonyl (C=O) groups is 1. The molecule has 0 saturated heterocycles. The fraction of sp³-hybridized carbons (Fsp3) is 0.909. The van der Waals surface area contributed by atoms with Crippen molar-refractivity contribution in [2.45, 2.75) is 63.8 Å². The van der Waals surface area contributed by atoms with Crippen LogP contribution >= 0.6 is 0 Å². The third-order valence-corrected chi connectivity index (χ3v) is 2.81. The zero-order chi connectivity index (χ0) is 9.52. The van der Waals surface area contributed by atoms with Crippen LogP contribution in [0.25, 0.3) is 0 Å². The van der Waals surface area contributed by atoms with E-state index in [1.165, 1.54) is 32.1 Å². The van der Waals surface area contributed by atoms with E-state index in [-0.39, 0.29) is 0 Å². The van der Waals surface area contributed by atoms with Gasteiger partial charge in [0, 0.05) is 18.9 Å². The molecule has 0 bridgehead atoms. The van der Waals surface area contributed by atoms with Crippen LogP contribution in [0, 0.1) is 0 Å². The molecular formula is C11H21NO.